The molecule has 0 spiro atoms. The number of thiophene rings is 1. The number of rotatable bonds is 5. The number of anilines is 1. The normalized spacial score (nSPS) is 11.8. The van der Waals surface area contributed by atoms with Crippen LogP contribution >= 0.6 is 22.9 Å². The second-order valence-electron chi connectivity index (χ2n) is 7.82. The molecule has 0 unspecified atom stereocenters. The third-order valence-electron chi connectivity index (χ3n) is 4.44. The van der Waals surface area contributed by atoms with Crippen LogP contribution in [0.3, 0.4) is 0 Å². The molecule has 3 aromatic rings. The second kappa shape index (κ2) is 9.28. The average molecular weight is 439 g/mol. The number of benzene rings is 2. The minimum atomic E-state index is -0.412. The highest BCUT2D eigenvalue weighted by molar-refractivity contribution is 7.10. The molecule has 0 aliphatic heterocycles. The maximum absolute atomic E-state index is 12.9. The molecule has 2 N–H and O–H groups in total. The first-order valence-corrected chi connectivity index (χ1v) is 10.7. The van der Waals surface area contributed by atoms with Gasteiger partial charge < -0.3 is 10.6 Å². The maximum atomic E-state index is 12.9. The van der Waals surface area contributed by atoms with Crippen LogP contribution in [0.15, 0.2) is 71.7 Å². The zero-order chi connectivity index (χ0) is 21.7. The summed E-state index contributed by atoms with van der Waals surface area (Å²) in [5.74, 6) is -0.755. The van der Waals surface area contributed by atoms with Gasteiger partial charge in [0, 0.05) is 21.2 Å². The Morgan fingerprint density at radius 2 is 1.63 bits per heavy atom. The van der Waals surface area contributed by atoms with Gasteiger partial charge in [-0.1, -0.05) is 50.6 Å². The highest BCUT2D eigenvalue weighted by Gasteiger charge is 2.17. The zero-order valence-corrected chi connectivity index (χ0v) is 18.6. The quantitative estimate of drug-likeness (QED) is 0.472. The standard InChI is InChI=1S/C24H23ClN2O2S/c1-24(2,3)17-8-6-16(7-9-17)22(28)27-21(15-20-5-4-14-30-20)23(29)26-19-12-10-18(25)11-13-19/h4-15H,1-3H3,(H,26,29)(H,27,28)/b21-15-. The van der Waals surface area contributed by atoms with E-state index in [2.05, 4.69) is 31.4 Å². The van der Waals surface area contributed by atoms with Crippen LogP contribution in [0, 0.1) is 0 Å². The summed E-state index contributed by atoms with van der Waals surface area (Å²) >= 11 is 7.38. The van der Waals surface area contributed by atoms with Crippen molar-refractivity contribution < 1.29 is 9.59 Å². The Balaban J connectivity index is 1.81. The van der Waals surface area contributed by atoms with Crippen molar-refractivity contribution in [2.75, 3.05) is 5.32 Å². The third-order valence-corrected chi connectivity index (χ3v) is 5.51. The monoisotopic (exact) mass is 438 g/mol. The van der Waals surface area contributed by atoms with Gasteiger partial charge in [-0.3, -0.25) is 9.59 Å². The van der Waals surface area contributed by atoms with Crippen molar-refractivity contribution in [3.63, 3.8) is 0 Å². The predicted molar refractivity (Wildman–Crippen MR) is 125 cm³/mol. The molecule has 4 nitrogen and oxygen atoms in total. The van der Waals surface area contributed by atoms with Crippen LogP contribution in [-0.4, -0.2) is 11.8 Å². The molecule has 154 valence electrons. The molecule has 0 saturated carbocycles. The van der Waals surface area contributed by atoms with Gasteiger partial charge in [0.2, 0.25) is 0 Å². The van der Waals surface area contributed by atoms with Gasteiger partial charge in [-0.25, -0.2) is 0 Å². The van der Waals surface area contributed by atoms with Gasteiger partial charge in [0.15, 0.2) is 0 Å². The van der Waals surface area contributed by atoms with Gasteiger partial charge in [-0.2, -0.15) is 0 Å². The molecule has 1 heterocycles. The number of carbonyl (C=O) groups excluding carboxylic acids is 2. The van der Waals surface area contributed by atoms with Crippen molar-refractivity contribution in [2.24, 2.45) is 0 Å². The first-order chi connectivity index (χ1) is 14.2. The third kappa shape index (κ3) is 5.81. The van der Waals surface area contributed by atoms with Crippen molar-refractivity contribution in [3.8, 4) is 0 Å². The number of halogens is 1. The van der Waals surface area contributed by atoms with Gasteiger partial charge in [-0.05, 0) is 64.9 Å². The van der Waals surface area contributed by atoms with E-state index in [-0.39, 0.29) is 17.0 Å². The number of amides is 2. The predicted octanol–water partition coefficient (Wildman–Crippen LogP) is 6.11. The smallest absolute Gasteiger partial charge is 0.272 e. The van der Waals surface area contributed by atoms with E-state index in [9.17, 15) is 9.59 Å². The van der Waals surface area contributed by atoms with E-state index < -0.39 is 5.91 Å². The van der Waals surface area contributed by atoms with Crippen LogP contribution in [0.5, 0.6) is 0 Å². The Morgan fingerprint density at radius 1 is 0.967 bits per heavy atom. The van der Waals surface area contributed by atoms with Crippen LogP contribution in [0.25, 0.3) is 6.08 Å². The zero-order valence-electron chi connectivity index (χ0n) is 17.0. The van der Waals surface area contributed by atoms with Crippen LogP contribution in [0.2, 0.25) is 5.02 Å². The lowest BCUT2D eigenvalue weighted by Crippen LogP contribution is -2.30. The van der Waals surface area contributed by atoms with Crippen molar-refractivity contribution in [2.45, 2.75) is 26.2 Å². The first-order valence-electron chi connectivity index (χ1n) is 9.46. The van der Waals surface area contributed by atoms with Gasteiger partial charge in [-0.15, -0.1) is 11.3 Å². The van der Waals surface area contributed by atoms with Crippen molar-refractivity contribution in [1.82, 2.24) is 5.32 Å². The van der Waals surface area contributed by atoms with E-state index in [1.54, 1.807) is 42.5 Å². The van der Waals surface area contributed by atoms with E-state index in [0.717, 1.165) is 10.4 Å². The van der Waals surface area contributed by atoms with Gasteiger partial charge in [0.25, 0.3) is 11.8 Å². The van der Waals surface area contributed by atoms with E-state index >= 15 is 0 Å². The fraction of sp³-hybridized carbons (Fsp3) is 0.167. The summed E-state index contributed by atoms with van der Waals surface area (Å²) in [6.07, 6.45) is 1.66. The Bertz CT molecular complexity index is 1050. The molecule has 0 radical (unpaired) electrons. The maximum Gasteiger partial charge on any atom is 0.272 e. The number of carbonyl (C=O) groups is 2. The van der Waals surface area contributed by atoms with Crippen LogP contribution < -0.4 is 10.6 Å². The Morgan fingerprint density at radius 3 is 2.20 bits per heavy atom. The molecule has 0 bridgehead atoms. The molecule has 0 fully saturated rings. The summed E-state index contributed by atoms with van der Waals surface area (Å²) in [4.78, 5) is 26.5. The fourth-order valence-electron chi connectivity index (χ4n) is 2.72. The summed E-state index contributed by atoms with van der Waals surface area (Å²) in [6.45, 7) is 6.35. The van der Waals surface area contributed by atoms with E-state index in [1.165, 1.54) is 11.3 Å². The minimum absolute atomic E-state index is 0.00228. The van der Waals surface area contributed by atoms with Crippen molar-refractivity contribution >= 4 is 46.5 Å². The highest BCUT2D eigenvalue weighted by atomic mass is 35.5. The lowest BCUT2D eigenvalue weighted by molar-refractivity contribution is -0.113. The lowest BCUT2D eigenvalue weighted by atomic mass is 9.87. The Hall–Kier alpha value is -2.89. The minimum Gasteiger partial charge on any atom is -0.321 e. The molecule has 2 amide bonds. The highest BCUT2D eigenvalue weighted by Crippen LogP contribution is 2.22. The molecular weight excluding hydrogens is 416 g/mol. The molecule has 30 heavy (non-hydrogen) atoms. The molecule has 2 aromatic carbocycles. The number of nitrogens with one attached hydrogen (secondary N) is 2. The molecule has 0 atom stereocenters. The summed E-state index contributed by atoms with van der Waals surface area (Å²) in [6, 6.07) is 18.0. The molecule has 0 aliphatic rings. The van der Waals surface area contributed by atoms with Crippen LogP contribution in [0.4, 0.5) is 5.69 Å². The largest absolute Gasteiger partial charge is 0.321 e. The summed E-state index contributed by atoms with van der Waals surface area (Å²) in [7, 11) is 0. The Labute approximate surface area is 185 Å². The molecule has 1 aromatic heterocycles. The molecule has 3 rings (SSSR count). The molecule has 0 saturated heterocycles. The Kier molecular flexibility index (Phi) is 6.75. The second-order valence-corrected chi connectivity index (χ2v) is 9.23. The van der Waals surface area contributed by atoms with Crippen molar-refractivity contribution in [1.29, 1.82) is 0 Å². The average Bonchev–Trinajstić information content (AvgIpc) is 3.22. The van der Waals surface area contributed by atoms with E-state index in [1.807, 2.05) is 29.6 Å². The number of hydrogen-bond donors (Lipinski definition) is 2. The van der Waals surface area contributed by atoms with Crippen LogP contribution in [-0.2, 0) is 10.2 Å². The summed E-state index contributed by atoms with van der Waals surface area (Å²) < 4.78 is 0. The van der Waals surface area contributed by atoms with Crippen molar-refractivity contribution in [3.05, 3.63) is 92.8 Å². The number of hydrogen-bond acceptors (Lipinski definition) is 3. The fourth-order valence-corrected chi connectivity index (χ4v) is 3.51. The van der Waals surface area contributed by atoms with E-state index in [0.29, 0.717) is 16.3 Å². The summed E-state index contributed by atoms with van der Waals surface area (Å²) in [5.41, 5.74) is 2.37. The van der Waals surface area contributed by atoms with Gasteiger partial charge >= 0.3 is 0 Å². The first kappa shape index (κ1) is 21.8. The molecule has 6 heteroatoms. The SMILES string of the molecule is CC(C)(C)c1ccc(C(=O)N/C(=C\c2cccs2)C(=O)Nc2ccc(Cl)cc2)cc1. The molecule has 0 aliphatic carbocycles. The van der Waals surface area contributed by atoms with E-state index in [4.69, 9.17) is 11.6 Å². The van der Waals surface area contributed by atoms with Gasteiger partial charge in [0.1, 0.15) is 5.70 Å². The summed E-state index contributed by atoms with van der Waals surface area (Å²) in [5, 5.41) is 8.03. The topological polar surface area (TPSA) is 58.2 Å². The van der Waals surface area contributed by atoms with Crippen LogP contribution in [0.1, 0.15) is 41.6 Å². The molecular formula is C24H23ClN2O2S. The van der Waals surface area contributed by atoms with Gasteiger partial charge in [0.05, 0.1) is 0 Å². The lowest BCUT2D eigenvalue weighted by Gasteiger charge is -2.19.